The lowest BCUT2D eigenvalue weighted by molar-refractivity contribution is -0.135. The molecule has 152 valence electrons. The molecule has 0 aromatic heterocycles. The summed E-state index contributed by atoms with van der Waals surface area (Å²) in [5.41, 5.74) is 1.83. The lowest BCUT2D eigenvalue weighted by atomic mass is 9.85. The lowest BCUT2D eigenvalue weighted by Gasteiger charge is -2.30. The van der Waals surface area contributed by atoms with Crippen molar-refractivity contribution in [3.63, 3.8) is 0 Å². The molecule has 1 aliphatic rings. The summed E-state index contributed by atoms with van der Waals surface area (Å²) in [5, 5.41) is 6.35. The number of piperidine rings is 1. The van der Waals surface area contributed by atoms with Crippen molar-refractivity contribution >= 4 is 29.9 Å². The number of nitrogens with one attached hydrogen (secondary N) is 2. The number of aryl methyl sites for hydroxylation is 1. The minimum absolute atomic E-state index is 0. The van der Waals surface area contributed by atoms with Gasteiger partial charge in [-0.15, -0.1) is 12.4 Å². The fraction of sp³-hybridized carbons (Fsp3) is 0.619. The quantitative estimate of drug-likeness (QED) is 0.706. The molecule has 2 amide bonds. The third-order valence-corrected chi connectivity index (χ3v) is 5.24. The number of halogens is 1. The van der Waals surface area contributed by atoms with Crippen LogP contribution < -0.4 is 10.6 Å². The number of para-hydroxylation sites is 1. The maximum atomic E-state index is 12.8. The molecule has 1 aromatic rings. The molecule has 0 spiro atoms. The second kappa shape index (κ2) is 12.0. The fourth-order valence-corrected chi connectivity index (χ4v) is 3.57. The Kier molecular flexibility index (Phi) is 10.4. The molecule has 27 heavy (non-hydrogen) atoms. The summed E-state index contributed by atoms with van der Waals surface area (Å²) < 4.78 is 0. The van der Waals surface area contributed by atoms with Crippen LogP contribution >= 0.6 is 12.4 Å². The first kappa shape index (κ1) is 23.4. The third-order valence-electron chi connectivity index (χ3n) is 5.24. The molecule has 0 bridgehead atoms. The highest BCUT2D eigenvalue weighted by molar-refractivity contribution is 5.95. The van der Waals surface area contributed by atoms with Crippen LogP contribution in [0.1, 0.15) is 45.1 Å². The molecule has 2 atom stereocenters. The summed E-state index contributed by atoms with van der Waals surface area (Å²) in [7, 11) is 0. The number of rotatable bonds is 8. The van der Waals surface area contributed by atoms with Gasteiger partial charge in [0.2, 0.25) is 11.8 Å². The Morgan fingerprint density at radius 2 is 2.07 bits per heavy atom. The van der Waals surface area contributed by atoms with Gasteiger partial charge in [0.05, 0.1) is 6.54 Å². The number of amides is 2. The highest BCUT2D eigenvalue weighted by Crippen LogP contribution is 2.23. The van der Waals surface area contributed by atoms with Crippen LogP contribution in [0.5, 0.6) is 0 Å². The van der Waals surface area contributed by atoms with Gasteiger partial charge in [-0.1, -0.05) is 32.0 Å². The van der Waals surface area contributed by atoms with Crippen LogP contribution in [0.25, 0.3) is 0 Å². The van der Waals surface area contributed by atoms with E-state index in [0.717, 1.165) is 30.8 Å². The summed E-state index contributed by atoms with van der Waals surface area (Å²) in [6.45, 7) is 8.98. The van der Waals surface area contributed by atoms with Crippen LogP contribution in [-0.2, 0) is 9.59 Å². The third kappa shape index (κ3) is 7.51. The average molecular weight is 396 g/mol. The Morgan fingerprint density at radius 3 is 2.70 bits per heavy atom. The van der Waals surface area contributed by atoms with E-state index in [4.69, 9.17) is 0 Å². The van der Waals surface area contributed by atoms with Gasteiger partial charge in [-0.2, -0.15) is 0 Å². The highest BCUT2D eigenvalue weighted by atomic mass is 35.5. The van der Waals surface area contributed by atoms with Gasteiger partial charge in [-0.25, -0.2) is 0 Å². The second-order valence-corrected chi connectivity index (χ2v) is 7.47. The van der Waals surface area contributed by atoms with E-state index in [9.17, 15) is 9.59 Å². The van der Waals surface area contributed by atoms with E-state index < -0.39 is 0 Å². The molecule has 6 heteroatoms. The van der Waals surface area contributed by atoms with Gasteiger partial charge in [0.1, 0.15) is 0 Å². The normalized spacial score (nSPS) is 17.5. The SMILES string of the molecule is CCCN(CC(=O)Nc1ccccc1C)C(=O)CC(C)C1CCCNC1.Cl. The molecule has 0 radical (unpaired) electrons. The number of carbonyl (C=O) groups excluding carboxylic acids is 2. The summed E-state index contributed by atoms with van der Waals surface area (Å²) >= 11 is 0. The average Bonchev–Trinajstić information content (AvgIpc) is 2.64. The van der Waals surface area contributed by atoms with E-state index in [1.165, 1.54) is 12.8 Å². The fourth-order valence-electron chi connectivity index (χ4n) is 3.57. The van der Waals surface area contributed by atoms with Crippen molar-refractivity contribution in [2.24, 2.45) is 11.8 Å². The van der Waals surface area contributed by atoms with Crippen molar-refractivity contribution in [3.8, 4) is 0 Å². The van der Waals surface area contributed by atoms with Crippen LogP contribution in [0.3, 0.4) is 0 Å². The standard InChI is InChI=1S/C21H33N3O2.ClH/c1-4-12-24(15-20(25)23-19-10-6-5-8-16(19)2)21(26)13-17(3)18-9-7-11-22-14-18;/h5-6,8,10,17-18,22H,4,7,9,11-15H2,1-3H3,(H,23,25);1H. The molecular weight excluding hydrogens is 362 g/mol. The number of carbonyl (C=O) groups is 2. The minimum Gasteiger partial charge on any atom is -0.333 e. The van der Waals surface area contributed by atoms with E-state index in [1.54, 1.807) is 4.90 Å². The van der Waals surface area contributed by atoms with E-state index >= 15 is 0 Å². The maximum absolute atomic E-state index is 12.8. The number of benzene rings is 1. The zero-order valence-corrected chi connectivity index (χ0v) is 17.6. The minimum atomic E-state index is -0.131. The second-order valence-electron chi connectivity index (χ2n) is 7.47. The Hall–Kier alpha value is -1.59. The monoisotopic (exact) mass is 395 g/mol. The molecule has 1 saturated heterocycles. The van der Waals surface area contributed by atoms with Crippen molar-refractivity contribution in [1.29, 1.82) is 0 Å². The summed E-state index contributed by atoms with van der Waals surface area (Å²) in [6, 6.07) is 7.69. The van der Waals surface area contributed by atoms with Crippen LogP contribution in [0, 0.1) is 18.8 Å². The molecule has 2 N–H and O–H groups in total. The molecule has 0 aliphatic carbocycles. The number of nitrogens with zero attached hydrogens (tertiary/aromatic N) is 1. The van der Waals surface area contributed by atoms with Crippen molar-refractivity contribution in [1.82, 2.24) is 10.2 Å². The van der Waals surface area contributed by atoms with Crippen molar-refractivity contribution < 1.29 is 9.59 Å². The van der Waals surface area contributed by atoms with Gasteiger partial charge < -0.3 is 15.5 Å². The first-order valence-corrected chi connectivity index (χ1v) is 9.85. The van der Waals surface area contributed by atoms with Gasteiger partial charge in [0.15, 0.2) is 0 Å². The van der Waals surface area contributed by atoms with Crippen LogP contribution in [-0.4, -0.2) is 42.9 Å². The predicted octanol–water partition coefficient (Wildman–Crippen LogP) is 3.62. The Bertz CT molecular complexity index is 603. The zero-order chi connectivity index (χ0) is 18.9. The first-order chi connectivity index (χ1) is 12.5. The van der Waals surface area contributed by atoms with Crippen molar-refractivity contribution in [2.45, 2.75) is 46.5 Å². The first-order valence-electron chi connectivity index (χ1n) is 9.85. The van der Waals surface area contributed by atoms with Crippen molar-refractivity contribution in [3.05, 3.63) is 29.8 Å². The van der Waals surface area contributed by atoms with Crippen molar-refractivity contribution in [2.75, 3.05) is 31.5 Å². The molecule has 1 heterocycles. The molecule has 1 fully saturated rings. The molecule has 2 rings (SSSR count). The van der Waals surface area contributed by atoms with Gasteiger partial charge in [-0.3, -0.25) is 9.59 Å². The summed E-state index contributed by atoms with van der Waals surface area (Å²) in [5.74, 6) is 0.851. The molecule has 0 saturated carbocycles. The predicted molar refractivity (Wildman–Crippen MR) is 113 cm³/mol. The molecule has 1 aliphatic heterocycles. The van der Waals surface area contributed by atoms with Gasteiger partial charge in [0, 0.05) is 18.7 Å². The Balaban J connectivity index is 0.00000364. The van der Waals surface area contributed by atoms with Crippen LogP contribution in [0.15, 0.2) is 24.3 Å². The number of hydrogen-bond donors (Lipinski definition) is 2. The topological polar surface area (TPSA) is 61.4 Å². The van der Waals surface area contributed by atoms with Gasteiger partial charge in [-0.05, 0) is 62.7 Å². The van der Waals surface area contributed by atoms with E-state index in [0.29, 0.717) is 24.8 Å². The molecule has 2 unspecified atom stereocenters. The smallest absolute Gasteiger partial charge is 0.244 e. The summed E-state index contributed by atoms with van der Waals surface area (Å²) in [6.07, 6.45) is 3.73. The van der Waals surface area contributed by atoms with Crippen LogP contribution in [0.2, 0.25) is 0 Å². The highest BCUT2D eigenvalue weighted by Gasteiger charge is 2.25. The largest absolute Gasteiger partial charge is 0.333 e. The van der Waals surface area contributed by atoms with Gasteiger partial charge >= 0.3 is 0 Å². The zero-order valence-electron chi connectivity index (χ0n) is 16.8. The molecule has 5 nitrogen and oxygen atoms in total. The summed E-state index contributed by atoms with van der Waals surface area (Å²) in [4.78, 5) is 26.9. The van der Waals surface area contributed by atoms with E-state index in [-0.39, 0.29) is 30.8 Å². The van der Waals surface area contributed by atoms with Gasteiger partial charge in [0.25, 0.3) is 0 Å². The Labute approximate surface area is 169 Å². The Morgan fingerprint density at radius 1 is 1.33 bits per heavy atom. The number of anilines is 1. The van der Waals surface area contributed by atoms with E-state index in [1.807, 2.05) is 38.1 Å². The molecular formula is C21H34ClN3O2. The number of hydrogen-bond acceptors (Lipinski definition) is 3. The lowest BCUT2D eigenvalue weighted by Crippen LogP contribution is -2.41. The molecule has 1 aromatic carbocycles. The van der Waals surface area contributed by atoms with E-state index in [2.05, 4.69) is 17.6 Å². The van der Waals surface area contributed by atoms with Crippen LogP contribution in [0.4, 0.5) is 5.69 Å². The maximum Gasteiger partial charge on any atom is 0.244 e.